The van der Waals surface area contributed by atoms with Crippen molar-refractivity contribution in [2.24, 2.45) is 0 Å². The number of hydrogen-bond donors (Lipinski definition) is 3. The Morgan fingerprint density at radius 2 is 1.83 bits per heavy atom. The summed E-state index contributed by atoms with van der Waals surface area (Å²) in [6.07, 6.45) is 5.86. The molecule has 0 bridgehead atoms. The molecule has 0 spiro atoms. The number of nitrogens with one attached hydrogen (secondary N) is 3. The van der Waals surface area contributed by atoms with E-state index in [1.165, 1.54) is 0 Å². The maximum absolute atomic E-state index is 6.29. The number of anilines is 3. The molecule has 1 aliphatic carbocycles. The molecule has 1 heterocycles. The molecule has 1 aromatic heterocycles. The van der Waals surface area contributed by atoms with E-state index in [1.54, 1.807) is 12.3 Å². The second-order valence-electron chi connectivity index (χ2n) is 7.50. The Kier molecular flexibility index (Phi) is 7.38. The third-order valence-corrected chi connectivity index (χ3v) is 5.72. The van der Waals surface area contributed by atoms with Gasteiger partial charge >= 0.3 is 0 Å². The largest absolute Gasteiger partial charge is 0.363 e. The van der Waals surface area contributed by atoms with E-state index in [-0.39, 0.29) is 0 Å². The van der Waals surface area contributed by atoms with Gasteiger partial charge in [-0.3, -0.25) is 0 Å². The molecule has 3 rings (SSSR count). The minimum atomic E-state index is 0.327. The highest BCUT2D eigenvalue weighted by atomic mass is 35.5. The second kappa shape index (κ2) is 9.78. The van der Waals surface area contributed by atoms with Crippen LogP contribution in [0.1, 0.15) is 31.2 Å². The fourth-order valence-corrected chi connectivity index (χ4v) is 4.34. The first-order valence-corrected chi connectivity index (χ1v) is 10.8. The normalized spacial score (nSPS) is 18.8. The summed E-state index contributed by atoms with van der Waals surface area (Å²) in [5.41, 5.74) is 1.75. The van der Waals surface area contributed by atoms with Gasteiger partial charge in [0.05, 0.1) is 10.7 Å². The first-order chi connectivity index (χ1) is 13.8. The summed E-state index contributed by atoms with van der Waals surface area (Å²) in [6.45, 7) is 1.95. The molecule has 156 valence electrons. The van der Waals surface area contributed by atoms with E-state index in [9.17, 15) is 0 Å². The summed E-state index contributed by atoms with van der Waals surface area (Å²) < 4.78 is 0. The highest BCUT2D eigenvalue weighted by Gasteiger charge is 2.22. The van der Waals surface area contributed by atoms with Crippen molar-refractivity contribution < 1.29 is 0 Å². The van der Waals surface area contributed by atoms with E-state index in [1.807, 2.05) is 38.1 Å². The Hall–Kier alpha value is -1.83. The van der Waals surface area contributed by atoms with Gasteiger partial charge < -0.3 is 20.9 Å². The topological polar surface area (TPSA) is 65.1 Å². The number of aromatic nitrogens is 2. The Bertz CT molecular complexity index is 845. The van der Waals surface area contributed by atoms with Crippen LogP contribution < -0.4 is 20.9 Å². The van der Waals surface area contributed by atoms with Crippen molar-refractivity contribution >= 4 is 58.0 Å². The van der Waals surface area contributed by atoms with Crippen molar-refractivity contribution in [3.63, 3.8) is 0 Å². The summed E-state index contributed by atoms with van der Waals surface area (Å²) in [5.74, 6) is 1.57. The molecule has 2 aromatic rings. The number of thiocarbonyl (C=S) groups is 1. The molecule has 3 N–H and O–H groups in total. The van der Waals surface area contributed by atoms with Crippen molar-refractivity contribution in [1.29, 1.82) is 0 Å². The molecule has 29 heavy (non-hydrogen) atoms. The van der Waals surface area contributed by atoms with Gasteiger partial charge in [0.25, 0.3) is 0 Å². The van der Waals surface area contributed by atoms with Gasteiger partial charge in [0.15, 0.2) is 5.11 Å². The standard InChI is InChI=1S/C20H26Cl2N6S/c1-12-10-13(21)11-16(22)18(12)27-20(29)25-15-6-4-14(5-7-15)24-19-23-9-8-17(26-19)28(2)3/h8-11,14-15H,4-7H2,1-3H3,(H,23,24,26)(H2,25,27,29)/t14-,15+. The minimum Gasteiger partial charge on any atom is -0.363 e. The molecule has 0 unspecified atom stereocenters. The molecule has 0 saturated heterocycles. The number of nitrogens with zero attached hydrogens (tertiary/aromatic N) is 3. The molecule has 0 radical (unpaired) electrons. The lowest BCUT2D eigenvalue weighted by Gasteiger charge is -2.30. The molecule has 6 nitrogen and oxygen atoms in total. The molecule has 9 heteroatoms. The zero-order chi connectivity index (χ0) is 21.0. The van der Waals surface area contributed by atoms with Gasteiger partial charge in [0.2, 0.25) is 5.95 Å². The van der Waals surface area contributed by atoms with Gasteiger partial charge in [0.1, 0.15) is 5.82 Å². The van der Waals surface area contributed by atoms with Crippen molar-refractivity contribution in [2.45, 2.75) is 44.7 Å². The minimum absolute atomic E-state index is 0.327. The first kappa shape index (κ1) is 21.9. The predicted molar refractivity (Wildman–Crippen MR) is 127 cm³/mol. The molecular weight excluding hydrogens is 427 g/mol. The lowest BCUT2D eigenvalue weighted by Crippen LogP contribution is -2.42. The third kappa shape index (κ3) is 6.07. The zero-order valence-electron chi connectivity index (χ0n) is 16.8. The molecule has 1 aromatic carbocycles. The van der Waals surface area contributed by atoms with Crippen molar-refractivity contribution in [3.05, 3.63) is 40.0 Å². The van der Waals surface area contributed by atoms with Crippen molar-refractivity contribution in [3.8, 4) is 0 Å². The third-order valence-electron chi connectivity index (χ3n) is 4.99. The van der Waals surface area contributed by atoms with Crippen LogP contribution in [0.25, 0.3) is 0 Å². The summed E-state index contributed by atoms with van der Waals surface area (Å²) >= 11 is 17.8. The van der Waals surface area contributed by atoms with Gasteiger partial charge in [-0.15, -0.1) is 0 Å². The number of halogens is 2. The monoisotopic (exact) mass is 452 g/mol. The lowest BCUT2D eigenvalue weighted by atomic mass is 9.91. The van der Waals surface area contributed by atoms with Crippen molar-refractivity contribution in [2.75, 3.05) is 29.6 Å². The maximum atomic E-state index is 6.29. The fraction of sp³-hybridized carbons (Fsp3) is 0.450. The van der Waals surface area contributed by atoms with Crippen LogP contribution in [0.3, 0.4) is 0 Å². The summed E-state index contributed by atoms with van der Waals surface area (Å²) in [7, 11) is 3.94. The van der Waals surface area contributed by atoms with E-state index in [0.717, 1.165) is 42.8 Å². The van der Waals surface area contributed by atoms with E-state index in [2.05, 4.69) is 25.9 Å². The first-order valence-electron chi connectivity index (χ1n) is 9.62. The quantitative estimate of drug-likeness (QED) is 0.559. The average molecular weight is 453 g/mol. The van der Waals surface area contributed by atoms with E-state index < -0.39 is 0 Å². The molecule has 1 fully saturated rings. The van der Waals surface area contributed by atoms with E-state index in [0.29, 0.717) is 33.2 Å². The molecule has 1 saturated carbocycles. The Labute approximate surface area is 187 Å². The molecule has 1 aliphatic rings. The lowest BCUT2D eigenvalue weighted by molar-refractivity contribution is 0.387. The fourth-order valence-electron chi connectivity index (χ4n) is 3.43. The van der Waals surface area contributed by atoms with Gasteiger partial charge in [-0.2, -0.15) is 4.98 Å². The summed E-state index contributed by atoms with van der Waals surface area (Å²) in [4.78, 5) is 10.8. The second-order valence-corrected chi connectivity index (χ2v) is 8.76. The number of hydrogen-bond acceptors (Lipinski definition) is 5. The molecule has 0 amide bonds. The smallest absolute Gasteiger partial charge is 0.224 e. The predicted octanol–water partition coefficient (Wildman–Crippen LogP) is 4.87. The van der Waals surface area contributed by atoms with Crippen LogP contribution in [0, 0.1) is 6.92 Å². The molecular formula is C20H26Cl2N6S. The van der Waals surface area contributed by atoms with Crippen LogP contribution >= 0.6 is 35.4 Å². The van der Waals surface area contributed by atoms with E-state index in [4.69, 9.17) is 35.4 Å². The molecule has 0 aliphatic heterocycles. The molecule has 0 atom stereocenters. The van der Waals surface area contributed by atoms with Crippen LogP contribution in [0.5, 0.6) is 0 Å². The Morgan fingerprint density at radius 1 is 1.14 bits per heavy atom. The number of benzene rings is 1. The highest BCUT2D eigenvalue weighted by Crippen LogP contribution is 2.30. The Morgan fingerprint density at radius 3 is 2.48 bits per heavy atom. The number of rotatable bonds is 5. The van der Waals surface area contributed by atoms with Crippen LogP contribution in [0.15, 0.2) is 24.4 Å². The zero-order valence-corrected chi connectivity index (χ0v) is 19.1. The van der Waals surface area contributed by atoms with E-state index >= 15 is 0 Å². The SMILES string of the molecule is Cc1cc(Cl)cc(Cl)c1NC(=S)N[C@H]1CC[C@@H](Nc2nccc(N(C)C)n2)CC1. The summed E-state index contributed by atoms with van der Waals surface area (Å²) in [5, 5.41) is 11.8. The maximum Gasteiger partial charge on any atom is 0.224 e. The van der Waals surface area contributed by atoms with Crippen LogP contribution in [0.4, 0.5) is 17.5 Å². The summed E-state index contributed by atoms with van der Waals surface area (Å²) in [6, 6.07) is 6.16. The van der Waals surface area contributed by atoms with Gasteiger partial charge in [-0.05, 0) is 68.6 Å². The van der Waals surface area contributed by atoms with Gasteiger partial charge in [0, 0.05) is 37.4 Å². The Balaban J connectivity index is 1.48. The van der Waals surface area contributed by atoms with Crippen molar-refractivity contribution in [1.82, 2.24) is 15.3 Å². The van der Waals surface area contributed by atoms with Gasteiger partial charge in [-0.1, -0.05) is 23.2 Å². The highest BCUT2D eigenvalue weighted by molar-refractivity contribution is 7.80. The van der Waals surface area contributed by atoms with Gasteiger partial charge in [-0.25, -0.2) is 4.98 Å². The van der Waals surface area contributed by atoms with Crippen LogP contribution in [-0.2, 0) is 0 Å². The average Bonchev–Trinajstić information content (AvgIpc) is 2.66. The number of aryl methyl sites for hydroxylation is 1. The van der Waals surface area contributed by atoms with Crippen LogP contribution in [0.2, 0.25) is 10.0 Å². The van der Waals surface area contributed by atoms with Crippen LogP contribution in [-0.4, -0.2) is 41.3 Å².